The van der Waals surface area contributed by atoms with E-state index in [9.17, 15) is 5.11 Å². The molecule has 10 heavy (non-hydrogen) atoms. The first kappa shape index (κ1) is 7.24. The number of oxazole rings is 1. The van der Waals surface area contributed by atoms with Gasteiger partial charge in [0.2, 0.25) is 0 Å². The van der Waals surface area contributed by atoms with Crippen LogP contribution in [0, 0.1) is 0 Å². The van der Waals surface area contributed by atoms with Gasteiger partial charge in [0.05, 0.1) is 6.20 Å². The number of hydrogen-bond acceptors (Lipinski definition) is 4. The monoisotopic (exact) mass is 142 g/mol. The lowest BCUT2D eigenvalue weighted by Gasteiger charge is -2.02. The van der Waals surface area contributed by atoms with E-state index in [-0.39, 0.29) is 0 Å². The Hall–Kier alpha value is -0.870. The lowest BCUT2D eigenvalue weighted by Crippen LogP contribution is -2.05. The predicted molar refractivity (Wildman–Crippen MR) is 35.1 cm³/mol. The average Bonchev–Trinajstić information content (AvgIpc) is 2.38. The maximum Gasteiger partial charge on any atom is 0.180 e. The third-order valence-electron chi connectivity index (χ3n) is 1.22. The second kappa shape index (κ2) is 3.34. The van der Waals surface area contributed by atoms with Crippen molar-refractivity contribution in [1.29, 1.82) is 0 Å². The molecule has 0 aliphatic heterocycles. The van der Waals surface area contributed by atoms with Gasteiger partial charge in [0, 0.05) is 0 Å². The number of aliphatic hydroxyl groups is 1. The molecule has 0 bridgehead atoms. The summed E-state index contributed by atoms with van der Waals surface area (Å²) < 4.78 is 4.83. The van der Waals surface area contributed by atoms with Crippen LogP contribution >= 0.6 is 0 Å². The summed E-state index contributed by atoms with van der Waals surface area (Å²) in [6, 6.07) is 0. The molecule has 1 atom stereocenters. The molecule has 0 spiro atoms. The minimum Gasteiger partial charge on any atom is -0.446 e. The van der Waals surface area contributed by atoms with Gasteiger partial charge in [0.15, 0.2) is 12.2 Å². The van der Waals surface area contributed by atoms with Crippen LogP contribution < -0.4 is 5.73 Å². The molecular formula is C6H10N2O2. The zero-order valence-electron chi connectivity index (χ0n) is 5.53. The van der Waals surface area contributed by atoms with Crippen molar-refractivity contribution < 1.29 is 9.52 Å². The molecule has 0 saturated heterocycles. The van der Waals surface area contributed by atoms with Gasteiger partial charge in [-0.05, 0) is 13.0 Å². The minimum absolute atomic E-state index is 0.446. The summed E-state index contributed by atoms with van der Waals surface area (Å²) in [5.74, 6) is 0.477. The molecule has 0 radical (unpaired) electrons. The van der Waals surface area contributed by atoms with Gasteiger partial charge in [-0.3, -0.25) is 0 Å². The Morgan fingerprint density at radius 3 is 3.10 bits per heavy atom. The van der Waals surface area contributed by atoms with Crippen LogP contribution in [-0.2, 0) is 0 Å². The van der Waals surface area contributed by atoms with Crippen LogP contribution in [0.1, 0.15) is 18.3 Å². The van der Waals surface area contributed by atoms with Gasteiger partial charge in [0.25, 0.3) is 0 Å². The zero-order chi connectivity index (χ0) is 7.40. The van der Waals surface area contributed by atoms with E-state index < -0.39 is 6.10 Å². The van der Waals surface area contributed by atoms with Gasteiger partial charge in [-0.2, -0.15) is 0 Å². The van der Waals surface area contributed by atoms with E-state index in [1.54, 1.807) is 0 Å². The van der Waals surface area contributed by atoms with E-state index in [0.29, 0.717) is 18.7 Å². The maximum absolute atomic E-state index is 9.20. The van der Waals surface area contributed by atoms with Crippen LogP contribution in [0.2, 0.25) is 0 Å². The molecule has 4 heteroatoms. The number of nitrogens with two attached hydrogens (primary N) is 1. The highest BCUT2D eigenvalue weighted by molar-refractivity contribution is 4.93. The molecule has 0 unspecified atom stereocenters. The summed E-state index contributed by atoms with van der Waals surface area (Å²) >= 11 is 0. The van der Waals surface area contributed by atoms with Crippen molar-refractivity contribution in [3.05, 3.63) is 18.4 Å². The summed E-state index contributed by atoms with van der Waals surface area (Å²) in [5, 5.41) is 9.20. The number of nitrogens with zero attached hydrogens (tertiary/aromatic N) is 1. The van der Waals surface area contributed by atoms with Crippen molar-refractivity contribution >= 4 is 0 Å². The zero-order valence-corrected chi connectivity index (χ0v) is 5.53. The Bertz CT molecular complexity index is 174. The molecule has 1 aromatic rings. The van der Waals surface area contributed by atoms with Crippen LogP contribution in [0.15, 0.2) is 17.0 Å². The molecule has 3 N–H and O–H groups in total. The molecule has 4 nitrogen and oxygen atoms in total. The molecule has 56 valence electrons. The summed E-state index contributed by atoms with van der Waals surface area (Å²) in [4.78, 5) is 3.66. The quantitative estimate of drug-likeness (QED) is 0.625. The second-order valence-corrected chi connectivity index (χ2v) is 2.00. The lowest BCUT2D eigenvalue weighted by atomic mass is 10.2. The van der Waals surface area contributed by atoms with E-state index in [1.165, 1.54) is 12.6 Å². The molecule has 0 aliphatic rings. The van der Waals surface area contributed by atoms with E-state index in [2.05, 4.69) is 4.98 Å². The van der Waals surface area contributed by atoms with Crippen molar-refractivity contribution in [3.8, 4) is 0 Å². The van der Waals surface area contributed by atoms with Gasteiger partial charge < -0.3 is 15.3 Å². The first-order valence-electron chi connectivity index (χ1n) is 3.11. The van der Waals surface area contributed by atoms with E-state index in [4.69, 9.17) is 10.2 Å². The predicted octanol–water partition coefficient (Wildman–Crippen LogP) is 0.0568. The van der Waals surface area contributed by atoms with Gasteiger partial charge in [-0.25, -0.2) is 4.98 Å². The lowest BCUT2D eigenvalue weighted by molar-refractivity contribution is 0.143. The highest BCUT2D eigenvalue weighted by atomic mass is 16.4. The molecule has 0 aliphatic carbocycles. The van der Waals surface area contributed by atoms with Crippen molar-refractivity contribution in [1.82, 2.24) is 4.98 Å². The molecule has 0 aromatic carbocycles. The molecular weight excluding hydrogens is 132 g/mol. The minimum atomic E-state index is -0.604. The smallest absolute Gasteiger partial charge is 0.180 e. The van der Waals surface area contributed by atoms with Crippen LogP contribution in [-0.4, -0.2) is 16.6 Å². The molecule has 0 fully saturated rings. The Kier molecular flexibility index (Phi) is 2.42. The van der Waals surface area contributed by atoms with E-state index >= 15 is 0 Å². The summed E-state index contributed by atoms with van der Waals surface area (Å²) in [6.07, 6.45) is 2.68. The first-order valence-corrected chi connectivity index (χ1v) is 3.11. The van der Waals surface area contributed by atoms with Gasteiger partial charge in [-0.15, -0.1) is 0 Å². The highest BCUT2D eigenvalue weighted by Gasteiger charge is 2.08. The van der Waals surface area contributed by atoms with Crippen molar-refractivity contribution in [2.24, 2.45) is 5.73 Å². The summed E-state index contributed by atoms with van der Waals surface area (Å²) in [6.45, 7) is 0.446. The summed E-state index contributed by atoms with van der Waals surface area (Å²) in [7, 11) is 0. The molecule has 1 heterocycles. The molecule has 1 aromatic heterocycles. The molecule has 0 amide bonds. The SMILES string of the molecule is NCC[C@H](O)c1cnco1. The molecule has 0 saturated carbocycles. The van der Waals surface area contributed by atoms with E-state index in [0.717, 1.165) is 0 Å². The normalized spacial score (nSPS) is 13.4. The Balaban J connectivity index is 2.50. The Morgan fingerprint density at radius 2 is 2.60 bits per heavy atom. The van der Waals surface area contributed by atoms with E-state index in [1.807, 2.05) is 0 Å². The van der Waals surface area contributed by atoms with Crippen molar-refractivity contribution in [2.75, 3.05) is 6.54 Å². The second-order valence-electron chi connectivity index (χ2n) is 2.00. The van der Waals surface area contributed by atoms with Crippen molar-refractivity contribution in [3.63, 3.8) is 0 Å². The van der Waals surface area contributed by atoms with Crippen molar-refractivity contribution in [2.45, 2.75) is 12.5 Å². The van der Waals surface area contributed by atoms with Crippen LogP contribution in [0.3, 0.4) is 0 Å². The van der Waals surface area contributed by atoms with Gasteiger partial charge in [-0.1, -0.05) is 0 Å². The van der Waals surface area contributed by atoms with Crippen LogP contribution in [0.4, 0.5) is 0 Å². The standard InChI is InChI=1S/C6H10N2O2/c7-2-1-5(9)6-3-8-4-10-6/h3-5,9H,1-2,7H2/t5-/m0/s1. The third-order valence-corrected chi connectivity index (χ3v) is 1.22. The van der Waals surface area contributed by atoms with Crippen LogP contribution in [0.25, 0.3) is 0 Å². The number of hydrogen-bond donors (Lipinski definition) is 2. The fourth-order valence-corrected chi connectivity index (χ4v) is 0.690. The Morgan fingerprint density at radius 1 is 1.80 bits per heavy atom. The average molecular weight is 142 g/mol. The van der Waals surface area contributed by atoms with Crippen LogP contribution in [0.5, 0.6) is 0 Å². The number of aromatic nitrogens is 1. The maximum atomic E-state index is 9.20. The third kappa shape index (κ3) is 1.55. The van der Waals surface area contributed by atoms with Gasteiger partial charge in [0.1, 0.15) is 6.10 Å². The van der Waals surface area contributed by atoms with Gasteiger partial charge >= 0.3 is 0 Å². The highest BCUT2D eigenvalue weighted by Crippen LogP contribution is 2.13. The molecule has 1 rings (SSSR count). The summed E-state index contributed by atoms with van der Waals surface area (Å²) in [5.41, 5.74) is 5.21. The largest absolute Gasteiger partial charge is 0.446 e. The number of aliphatic hydroxyl groups excluding tert-OH is 1. The Labute approximate surface area is 58.7 Å². The topological polar surface area (TPSA) is 72.3 Å². The number of rotatable bonds is 3. The first-order chi connectivity index (χ1) is 4.84. The fourth-order valence-electron chi connectivity index (χ4n) is 0.690. The fraction of sp³-hybridized carbons (Fsp3) is 0.500.